The third kappa shape index (κ3) is 4.22. The van der Waals surface area contributed by atoms with Crippen LogP contribution in [0.3, 0.4) is 0 Å². The first-order valence-corrected chi connectivity index (χ1v) is 11.1. The highest BCUT2D eigenvalue weighted by atomic mass is 19.1. The van der Waals surface area contributed by atoms with Crippen molar-refractivity contribution in [1.82, 2.24) is 29.7 Å². The number of carbonyl (C=O) groups excluding carboxylic acids is 2. The van der Waals surface area contributed by atoms with Crippen molar-refractivity contribution in [3.05, 3.63) is 84.2 Å². The molecule has 0 unspecified atom stereocenters. The van der Waals surface area contributed by atoms with Gasteiger partial charge in [-0.3, -0.25) is 14.6 Å². The Morgan fingerprint density at radius 1 is 1.11 bits per heavy atom. The summed E-state index contributed by atoms with van der Waals surface area (Å²) in [5, 5.41) is 6.85. The number of amides is 1. The smallest absolute Gasteiger partial charge is 0.224 e. The van der Waals surface area contributed by atoms with Gasteiger partial charge in [-0.2, -0.15) is 5.10 Å². The number of pyridine rings is 1. The van der Waals surface area contributed by atoms with Gasteiger partial charge >= 0.3 is 0 Å². The molecular formula is C25H19F2N7O2. The van der Waals surface area contributed by atoms with Crippen molar-refractivity contribution in [3.8, 4) is 17.1 Å². The van der Waals surface area contributed by atoms with Crippen LogP contribution >= 0.6 is 0 Å². The number of hydrogen-bond acceptors (Lipinski definition) is 6. The Morgan fingerprint density at radius 2 is 1.97 bits per heavy atom. The van der Waals surface area contributed by atoms with Gasteiger partial charge in [-0.25, -0.2) is 23.4 Å². The first-order valence-electron chi connectivity index (χ1n) is 11.1. The van der Waals surface area contributed by atoms with Crippen molar-refractivity contribution < 1.29 is 18.4 Å². The van der Waals surface area contributed by atoms with Crippen molar-refractivity contribution in [3.63, 3.8) is 0 Å². The Hall–Kier alpha value is -4.80. The van der Waals surface area contributed by atoms with Gasteiger partial charge in [0.2, 0.25) is 11.7 Å². The molecule has 0 fully saturated rings. The van der Waals surface area contributed by atoms with E-state index in [0.29, 0.717) is 34.5 Å². The lowest BCUT2D eigenvalue weighted by molar-refractivity contribution is -0.116. The normalized spacial score (nSPS) is 11.1. The van der Waals surface area contributed by atoms with Crippen LogP contribution < -0.4 is 5.32 Å². The van der Waals surface area contributed by atoms with E-state index in [2.05, 4.69) is 30.4 Å². The lowest BCUT2D eigenvalue weighted by atomic mass is 10.0. The Labute approximate surface area is 203 Å². The van der Waals surface area contributed by atoms with Gasteiger partial charge in [0.1, 0.15) is 11.5 Å². The number of rotatable bonds is 7. The molecule has 9 nitrogen and oxygen atoms in total. The highest BCUT2D eigenvalue weighted by Crippen LogP contribution is 2.29. The maximum Gasteiger partial charge on any atom is 0.224 e. The number of aromatic amines is 1. The molecule has 4 heterocycles. The molecule has 0 aliphatic heterocycles. The fraction of sp³-hybridized carbons (Fsp3) is 0.120. The molecule has 5 rings (SSSR count). The number of carbonyl (C=O) groups is 2. The third-order valence-electron chi connectivity index (χ3n) is 5.52. The Morgan fingerprint density at radius 3 is 2.69 bits per heavy atom. The molecule has 0 bridgehead atoms. The van der Waals surface area contributed by atoms with E-state index >= 15 is 4.39 Å². The van der Waals surface area contributed by atoms with Gasteiger partial charge in [-0.05, 0) is 30.7 Å². The predicted molar refractivity (Wildman–Crippen MR) is 128 cm³/mol. The molecule has 36 heavy (non-hydrogen) atoms. The highest BCUT2D eigenvalue weighted by molar-refractivity contribution is 6.17. The van der Waals surface area contributed by atoms with E-state index in [4.69, 9.17) is 0 Å². The molecule has 0 radical (unpaired) electrons. The molecular weight excluding hydrogens is 468 g/mol. The van der Waals surface area contributed by atoms with Crippen molar-refractivity contribution in [2.45, 2.75) is 19.8 Å². The van der Waals surface area contributed by atoms with Crippen LogP contribution in [0.5, 0.6) is 0 Å². The van der Waals surface area contributed by atoms with Crippen LogP contribution in [0, 0.1) is 11.6 Å². The van der Waals surface area contributed by atoms with Gasteiger partial charge in [0.15, 0.2) is 11.6 Å². The molecule has 0 atom stereocenters. The molecule has 0 aliphatic rings. The number of halogens is 2. The first kappa shape index (κ1) is 23.0. The highest BCUT2D eigenvalue weighted by Gasteiger charge is 2.25. The number of nitrogens with zero attached hydrogens (tertiary/aromatic N) is 5. The van der Waals surface area contributed by atoms with E-state index in [1.165, 1.54) is 12.4 Å². The van der Waals surface area contributed by atoms with Crippen molar-refractivity contribution in [1.29, 1.82) is 0 Å². The van der Waals surface area contributed by atoms with Crippen LogP contribution in [0.2, 0.25) is 0 Å². The van der Waals surface area contributed by atoms with E-state index in [0.717, 1.165) is 12.1 Å². The number of hydrogen-bond donors (Lipinski definition) is 2. The van der Waals surface area contributed by atoms with E-state index in [-0.39, 0.29) is 17.7 Å². The molecule has 1 amide bonds. The van der Waals surface area contributed by atoms with Crippen molar-refractivity contribution >= 4 is 28.4 Å². The number of nitrogens with one attached hydrogen (secondary N) is 2. The lowest BCUT2D eigenvalue weighted by Crippen LogP contribution is -2.15. The average molecular weight is 487 g/mol. The second-order valence-corrected chi connectivity index (χ2v) is 7.94. The van der Waals surface area contributed by atoms with E-state index in [1.54, 1.807) is 48.5 Å². The Balaban J connectivity index is 1.50. The van der Waals surface area contributed by atoms with Gasteiger partial charge in [-0.15, -0.1) is 0 Å². The maximum absolute atomic E-state index is 15.1. The fourth-order valence-corrected chi connectivity index (χ4v) is 3.76. The number of benzene rings is 1. The van der Waals surface area contributed by atoms with E-state index < -0.39 is 28.9 Å². The third-order valence-corrected chi connectivity index (χ3v) is 5.52. The summed E-state index contributed by atoms with van der Waals surface area (Å²) in [6.45, 7) is 1.80. The second kappa shape index (κ2) is 9.45. The van der Waals surface area contributed by atoms with Crippen LogP contribution in [0.4, 0.5) is 14.5 Å². The number of fused-ring (bicyclic) bond motifs is 1. The number of anilines is 1. The van der Waals surface area contributed by atoms with Gasteiger partial charge < -0.3 is 10.3 Å². The van der Waals surface area contributed by atoms with Crippen LogP contribution in [-0.4, -0.2) is 41.4 Å². The molecule has 2 N–H and O–H groups in total. The second-order valence-electron chi connectivity index (χ2n) is 7.94. The molecule has 0 saturated heterocycles. The van der Waals surface area contributed by atoms with Crippen LogP contribution in [0.15, 0.2) is 61.4 Å². The Bertz CT molecular complexity index is 1580. The van der Waals surface area contributed by atoms with Crippen LogP contribution in [0.25, 0.3) is 28.1 Å². The summed E-state index contributed by atoms with van der Waals surface area (Å²) < 4.78 is 31.3. The zero-order chi connectivity index (χ0) is 25.2. The van der Waals surface area contributed by atoms with Gasteiger partial charge in [0.05, 0.1) is 29.3 Å². The predicted octanol–water partition coefficient (Wildman–Crippen LogP) is 4.45. The quantitative estimate of drug-likeness (QED) is 0.328. The lowest BCUT2D eigenvalue weighted by Gasteiger charge is -2.10. The van der Waals surface area contributed by atoms with E-state index in [1.807, 2.05) is 0 Å². The zero-order valence-electron chi connectivity index (χ0n) is 19.0. The minimum absolute atomic E-state index is 0.0234. The topological polar surface area (TPSA) is 118 Å². The average Bonchev–Trinajstić information content (AvgIpc) is 3.56. The summed E-state index contributed by atoms with van der Waals surface area (Å²) in [6, 6.07) is 5.45. The summed E-state index contributed by atoms with van der Waals surface area (Å²) in [5.74, 6) is -2.97. The molecule has 11 heteroatoms. The monoisotopic (exact) mass is 487 g/mol. The van der Waals surface area contributed by atoms with Gasteiger partial charge in [0.25, 0.3) is 0 Å². The minimum Gasteiger partial charge on any atom is -0.345 e. The number of H-pyrrole nitrogens is 1. The van der Waals surface area contributed by atoms with Crippen molar-refractivity contribution in [2.24, 2.45) is 0 Å². The number of aromatic nitrogens is 6. The fourth-order valence-electron chi connectivity index (χ4n) is 3.76. The molecule has 0 aliphatic carbocycles. The molecule has 5 aromatic rings. The zero-order valence-corrected chi connectivity index (χ0v) is 19.0. The standard InChI is InChI=1S/C25H19F2N7O2/c1-2-4-21(35)33-18-6-5-17(26)22(23(18)27)24(36)16-11-31-25-15(16)9-14(10-30-25)19-12-29-20(13-28-19)34-8-3-7-32-34/h3,5-13H,2,4H2,1H3,(H,30,31)(H,33,35). The summed E-state index contributed by atoms with van der Waals surface area (Å²) in [6.07, 6.45) is 10.1. The Kier molecular flexibility index (Phi) is 6.03. The van der Waals surface area contributed by atoms with Gasteiger partial charge in [-0.1, -0.05) is 6.92 Å². The first-order chi connectivity index (χ1) is 17.5. The van der Waals surface area contributed by atoms with Crippen LogP contribution in [0.1, 0.15) is 35.7 Å². The summed E-state index contributed by atoms with van der Waals surface area (Å²) in [4.78, 5) is 41.1. The van der Waals surface area contributed by atoms with E-state index in [9.17, 15) is 14.0 Å². The van der Waals surface area contributed by atoms with Crippen molar-refractivity contribution in [2.75, 3.05) is 5.32 Å². The maximum atomic E-state index is 15.1. The summed E-state index contributed by atoms with van der Waals surface area (Å²) >= 11 is 0. The van der Waals surface area contributed by atoms with Gasteiger partial charge in [0, 0.05) is 47.7 Å². The molecule has 1 aromatic carbocycles. The molecule has 180 valence electrons. The summed E-state index contributed by atoms with van der Waals surface area (Å²) in [5.41, 5.74) is 0.394. The molecule has 4 aromatic heterocycles. The largest absolute Gasteiger partial charge is 0.345 e. The molecule has 0 spiro atoms. The van der Waals surface area contributed by atoms with Crippen LogP contribution in [-0.2, 0) is 4.79 Å². The number of ketones is 1. The minimum atomic E-state index is -1.14. The molecule has 0 saturated carbocycles. The summed E-state index contributed by atoms with van der Waals surface area (Å²) in [7, 11) is 0. The SMILES string of the molecule is CCCC(=O)Nc1ccc(F)c(C(=O)c2c[nH]c3ncc(-c4cnc(-n5cccn5)cn4)cc23)c1F.